The van der Waals surface area contributed by atoms with Crippen LogP contribution in [0.1, 0.15) is 47.9 Å². The number of nitrogens with zero attached hydrogens (tertiary/aromatic N) is 2. The lowest BCUT2D eigenvalue weighted by molar-refractivity contribution is 0.0358. The highest BCUT2D eigenvalue weighted by molar-refractivity contribution is 5.46. The zero-order valence-electron chi connectivity index (χ0n) is 17.5. The Kier molecular flexibility index (Phi) is 5.88. The third kappa shape index (κ3) is 4.17. The Morgan fingerprint density at radius 1 is 1.10 bits per heavy atom. The second-order valence-electron chi connectivity index (χ2n) is 8.64. The molecule has 6 nitrogen and oxygen atoms in total. The summed E-state index contributed by atoms with van der Waals surface area (Å²) in [4.78, 5) is 19.4. The molecule has 0 spiro atoms. The molecule has 4 heterocycles. The van der Waals surface area contributed by atoms with Crippen molar-refractivity contribution in [1.29, 1.82) is 0 Å². The Morgan fingerprint density at radius 3 is 2.83 bits per heavy atom. The van der Waals surface area contributed by atoms with Gasteiger partial charge in [0.25, 0.3) is 0 Å². The average molecular weight is 410 g/mol. The van der Waals surface area contributed by atoms with E-state index >= 15 is 0 Å². The van der Waals surface area contributed by atoms with Crippen LogP contribution in [0.4, 0.5) is 0 Å². The van der Waals surface area contributed by atoms with E-state index in [0.717, 1.165) is 64.7 Å². The minimum atomic E-state index is -0.0466. The van der Waals surface area contributed by atoms with Gasteiger partial charge >= 0.3 is 0 Å². The topological polar surface area (TPSA) is 57.8 Å². The monoisotopic (exact) mass is 409 g/mol. The molecule has 0 bridgehead atoms. The number of pyridine rings is 1. The Bertz CT molecular complexity index is 902. The van der Waals surface area contributed by atoms with Gasteiger partial charge in [0.2, 0.25) is 5.56 Å². The number of morpholine rings is 1. The number of H-pyrrole nitrogens is 1. The molecule has 5 rings (SSSR count). The summed E-state index contributed by atoms with van der Waals surface area (Å²) in [6, 6.07) is 10.7. The molecule has 1 aromatic carbocycles. The summed E-state index contributed by atoms with van der Waals surface area (Å²) in [5.41, 5.74) is 3.92. The molecule has 2 saturated heterocycles. The number of ether oxygens (including phenoxy) is 2. The van der Waals surface area contributed by atoms with E-state index in [1.807, 2.05) is 12.3 Å². The van der Waals surface area contributed by atoms with E-state index in [1.165, 1.54) is 29.5 Å². The number of aromatic nitrogens is 1. The highest BCUT2D eigenvalue weighted by atomic mass is 16.5. The van der Waals surface area contributed by atoms with Gasteiger partial charge in [-0.05, 0) is 54.6 Å². The summed E-state index contributed by atoms with van der Waals surface area (Å²) in [6.07, 6.45) is 5.37. The molecule has 160 valence electrons. The van der Waals surface area contributed by atoms with Crippen molar-refractivity contribution < 1.29 is 9.47 Å². The van der Waals surface area contributed by atoms with E-state index in [9.17, 15) is 4.79 Å². The molecule has 0 radical (unpaired) electrons. The molecule has 3 aliphatic heterocycles. The second kappa shape index (κ2) is 8.92. The van der Waals surface area contributed by atoms with E-state index in [2.05, 4.69) is 33.0 Å². The lowest BCUT2D eigenvalue weighted by Gasteiger charge is -2.37. The lowest BCUT2D eigenvalue weighted by Crippen LogP contribution is -2.37. The van der Waals surface area contributed by atoms with E-state index in [0.29, 0.717) is 12.0 Å². The smallest absolute Gasteiger partial charge is 0.247 e. The third-order valence-electron chi connectivity index (χ3n) is 6.78. The summed E-state index contributed by atoms with van der Waals surface area (Å²) in [7, 11) is 0. The molecule has 0 aliphatic carbocycles. The van der Waals surface area contributed by atoms with Crippen molar-refractivity contribution >= 4 is 0 Å². The number of hydrogen-bond acceptors (Lipinski definition) is 5. The van der Waals surface area contributed by atoms with Gasteiger partial charge in [-0.25, -0.2) is 0 Å². The van der Waals surface area contributed by atoms with Crippen molar-refractivity contribution in [3.05, 3.63) is 63.6 Å². The summed E-state index contributed by atoms with van der Waals surface area (Å²) in [6.45, 7) is 7.73. The SMILES string of the molecule is O=c1ccc([C@H]2CN3CCC[C@H]3c3cc(OCCCN4CCOCC4)ccc32)c[nH]1. The van der Waals surface area contributed by atoms with Crippen molar-refractivity contribution in [3.8, 4) is 5.75 Å². The molecule has 3 aliphatic rings. The van der Waals surface area contributed by atoms with E-state index < -0.39 is 0 Å². The maximum atomic E-state index is 11.5. The molecule has 2 fully saturated rings. The van der Waals surface area contributed by atoms with Crippen LogP contribution in [0.3, 0.4) is 0 Å². The fraction of sp³-hybridized carbons (Fsp3) is 0.542. The number of nitrogens with one attached hydrogen (secondary N) is 1. The van der Waals surface area contributed by atoms with Crippen LogP contribution in [0.15, 0.2) is 41.3 Å². The van der Waals surface area contributed by atoms with Crippen LogP contribution in [0.25, 0.3) is 0 Å². The average Bonchev–Trinajstić information content (AvgIpc) is 3.26. The van der Waals surface area contributed by atoms with Crippen molar-refractivity contribution in [3.63, 3.8) is 0 Å². The van der Waals surface area contributed by atoms with Gasteiger partial charge in [-0.3, -0.25) is 14.6 Å². The van der Waals surface area contributed by atoms with E-state index in [1.54, 1.807) is 6.07 Å². The first kappa shape index (κ1) is 19.8. The number of aromatic amines is 1. The van der Waals surface area contributed by atoms with Gasteiger partial charge in [0, 0.05) is 50.4 Å². The Balaban J connectivity index is 1.30. The van der Waals surface area contributed by atoms with E-state index in [-0.39, 0.29) is 5.56 Å². The predicted octanol–water partition coefficient (Wildman–Crippen LogP) is 2.76. The molecular formula is C24H31N3O3. The molecule has 6 heteroatoms. The number of rotatable bonds is 6. The lowest BCUT2D eigenvalue weighted by atomic mass is 9.82. The van der Waals surface area contributed by atoms with Crippen LogP contribution in [0.5, 0.6) is 5.75 Å². The maximum Gasteiger partial charge on any atom is 0.247 e. The zero-order chi connectivity index (χ0) is 20.3. The van der Waals surface area contributed by atoms with E-state index in [4.69, 9.17) is 9.47 Å². The second-order valence-corrected chi connectivity index (χ2v) is 8.64. The van der Waals surface area contributed by atoms with Gasteiger partial charge in [-0.1, -0.05) is 12.1 Å². The van der Waals surface area contributed by atoms with Crippen LogP contribution >= 0.6 is 0 Å². The van der Waals surface area contributed by atoms with Crippen molar-refractivity contribution in [2.24, 2.45) is 0 Å². The van der Waals surface area contributed by atoms with Crippen LogP contribution in [0, 0.1) is 0 Å². The molecule has 1 N–H and O–H groups in total. The number of hydrogen-bond donors (Lipinski definition) is 1. The standard InChI is InChI=1S/C24H31N3O3/c28-24-7-4-18(16-25-24)22-17-27-9-1-3-23(27)21-15-19(5-6-20(21)22)30-12-2-8-26-10-13-29-14-11-26/h4-7,15-16,22-23H,1-3,8-14,17H2,(H,25,28)/t22-,23+/m1/s1. The van der Waals surface area contributed by atoms with Gasteiger partial charge in [0.15, 0.2) is 0 Å². The summed E-state index contributed by atoms with van der Waals surface area (Å²) >= 11 is 0. The summed E-state index contributed by atoms with van der Waals surface area (Å²) in [5, 5.41) is 0. The minimum Gasteiger partial charge on any atom is -0.494 e. The molecule has 30 heavy (non-hydrogen) atoms. The fourth-order valence-corrected chi connectivity index (χ4v) is 5.21. The maximum absolute atomic E-state index is 11.5. The van der Waals surface area contributed by atoms with Crippen LogP contribution in [0.2, 0.25) is 0 Å². The van der Waals surface area contributed by atoms with Crippen molar-refractivity contribution in [2.75, 3.05) is 52.5 Å². The van der Waals surface area contributed by atoms with Gasteiger partial charge in [0.05, 0.1) is 19.8 Å². The van der Waals surface area contributed by atoms with Crippen LogP contribution in [-0.4, -0.2) is 67.3 Å². The molecule has 2 atom stereocenters. The summed E-state index contributed by atoms with van der Waals surface area (Å²) in [5.74, 6) is 1.27. The predicted molar refractivity (Wildman–Crippen MR) is 116 cm³/mol. The largest absolute Gasteiger partial charge is 0.494 e. The van der Waals surface area contributed by atoms with Gasteiger partial charge < -0.3 is 14.5 Å². The molecular weight excluding hydrogens is 378 g/mol. The van der Waals surface area contributed by atoms with Gasteiger partial charge in [-0.2, -0.15) is 0 Å². The number of benzene rings is 1. The zero-order valence-corrected chi connectivity index (χ0v) is 17.5. The fourth-order valence-electron chi connectivity index (χ4n) is 5.21. The van der Waals surface area contributed by atoms with Crippen molar-refractivity contribution in [2.45, 2.75) is 31.2 Å². The first-order chi connectivity index (χ1) is 14.8. The molecule has 0 unspecified atom stereocenters. The first-order valence-corrected chi connectivity index (χ1v) is 11.3. The van der Waals surface area contributed by atoms with Gasteiger partial charge in [-0.15, -0.1) is 0 Å². The molecule has 0 amide bonds. The van der Waals surface area contributed by atoms with Gasteiger partial charge in [0.1, 0.15) is 5.75 Å². The molecule has 2 aromatic rings. The number of fused-ring (bicyclic) bond motifs is 3. The molecule has 0 saturated carbocycles. The quantitative estimate of drug-likeness (QED) is 0.744. The minimum absolute atomic E-state index is 0.0466. The Morgan fingerprint density at radius 2 is 2.00 bits per heavy atom. The third-order valence-corrected chi connectivity index (χ3v) is 6.78. The Hall–Kier alpha value is -2.15. The Labute approximate surface area is 177 Å². The van der Waals surface area contributed by atoms with Crippen LogP contribution in [-0.2, 0) is 4.74 Å². The molecule has 1 aromatic heterocycles. The van der Waals surface area contributed by atoms with Crippen LogP contribution < -0.4 is 10.3 Å². The normalized spacial score (nSPS) is 24.4. The summed E-state index contributed by atoms with van der Waals surface area (Å²) < 4.78 is 11.6. The van der Waals surface area contributed by atoms with Crippen molar-refractivity contribution in [1.82, 2.24) is 14.8 Å². The first-order valence-electron chi connectivity index (χ1n) is 11.3. The highest BCUT2D eigenvalue weighted by Gasteiger charge is 2.36. The highest BCUT2D eigenvalue weighted by Crippen LogP contribution is 2.45.